The van der Waals surface area contributed by atoms with Crippen molar-refractivity contribution in [3.05, 3.63) is 41.7 Å². The number of hydrogen-bond acceptors (Lipinski definition) is 8. The van der Waals surface area contributed by atoms with Crippen LogP contribution >= 0.6 is 0 Å². The Morgan fingerprint density at radius 2 is 1.89 bits per heavy atom. The quantitative estimate of drug-likeness (QED) is 0.449. The zero-order chi connectivity index (χ0) is 25.7. The van der Waals surface area contributed by atoms with Gasteiger partial charge in [-0.3, -0.25) is 4.79 Å². The molecule has 2 heterocycles. The van der Waals surface area contributed by atoms with Crippen molar-refractivity contribution in [1.82, 2.24) is 15.5 Å². The number of carbonyl (C=O) groups is 1. The third-order valence-corrected chi connectivity index (χ3v) is 7.14. The summed E-state index contributed by atoms with van der Waals surface area (Å²) >= 11 is 0. The highest BCUT2D eigenvalue weighted by atomic mass is 16.5. The van der Waals surface area contributed by atoms with Crippen molar-refractivity contribution in [3.63, 3.8) is 0 Å². The SMILES string of the molecule is CC(C)c1noc(N2CCC(COc3ccc(C4=CCC(C(=O)NC(C)C(O)O)CC4)cc3)CC2)n1. The van der Waals surface area contributed by atoms with Gasteiger partial charge in [0.1, 0.15) is 5.75 Å². The molecular weight excluding hydrogens is 460 g/mol. The van der Waals surface area contributed by atoms with Crippen LogP contribution in [0.2, 0.25) is 0 Å². The molecule has 2 aromatic rings. The van der Waals surface area contributed by atoms with Crippen LogP contribution in [-0.4, -0.2) is 58.3 Å². The summed E-state index contributed by atoms with van der Waals surface area (Å²) in [5.74, 6) is 2.10. The minimum Gasteiger partial charge on any atom is -0.493 e. The topological polar surface area (TPSA) is 121 Å². The monoisotopic (exact) mass is 498 g/mol. The summed E-state index contributed by atoms with van der Waals surface area (Å²) < 4.78 is 11.5. The van der Waals surface area contributed by atoms with E-state index in [2.05, 4.69) is 52.4 Å². The lowest BCUT2D eigenvalue weighted by Gasteiger charge is -2.30. The Morgan fingerprint density at radius 3 is 2.47 bits per heavy atom. The molecule has 2 unspecified atom stereocenters. The van der Waals surface area contributed by atoms with Gasteiger partial charge in [0.15, 0.2) is 12.1 Å². The molecule has 1 aliphatic carbocycles. The third-order valence-electron chi connectivity index (χ3n) is 7.14. The van der Waals surface area contributed by atoms with Gasteiger partial charge in [0.25, 0.3) is 0 Å². The highest BCUT2D eigenvalue weighted by Gasteiger charge is 2.25. The van der Waals surface area contributed by atoms with Crippen molar-refractivity contribution in [3.8, 4) is 5.75 Å². The summed E-state index contributed by atoms with van der Waals surface area (Å²) in [4.78, 5) is 19.0. The zero-order valence-electron chi connectivity index (χ0n) is 21.4. The highest BCUT2D eigenvalue weighted by Crippen LogP contribution is 2.31. The molecule has 0 radical (unpaired) electrons. The first kappa shape index (κ1) is 26.2. The van der Waals surface area contributed by atoms with Crippen LogP contribution in [0.25, 0.3) is 5.57 Å². The Labute approximate surface area is 212 Å². The number of benzene rings is 1. The van der Waals surface area contributed by atoms with Crippen molar-refractivity contribution < 1.29 is 24.3 Å². The molecular formula is C27H38N4O5. The van der Waals surface area contributed by atoms with Crippen LogP contribution in [-0.2, 0) is 4.79 Å². The average Bonchev–Trinajstić information content (AvgIpc) is 3.39. The summed E-state index contributed by atoms with van der Waals surface area (Å²) in [6.45, 7) is 8.16. The molecule has 1 fully saturated rings. The molecule has 36 heavy (non-hydrogen) atoms. The first-order chi connectivity index (χ1) is 17.3. The van der Waals surface area contributed by atoms with Crippen molar-refractivity contribution in [2.45, 2.75) is 71.1 Å². The molecule has 196 valence electrons. The molecule has 1 aromatic carbocycles. The molecule has 9 heteroatoms. The van der Waals surface area contributed by atoms with Crippen molar-refractivity contribution in [1.29, 1.82) is 0 Å². The number of aliphatic hydroxyl groups is 2. The Balaban J connectivity index is 1.21. The average molecular weight is 499 g/mol. The number of nitrogens with one attached hydrogen (secondary N) is 1. The van der Waals surface area contributed by atoms with Gasteiger partial charge in [-0.2, -0.15) is 4.98 Å². The standard InChI is InChI=1S/C27H38N4O5/c1-17(2)24-29-27(36-30-24)31-14-12-19(13-15-31)16-35-23-10-8-21(9-11-23)20-4-6-22(7-5-20)25(32)28-18(3)26(33)34/h4,8-11,17-19,22,26,33-34H,5-7,12-16H2,1-3H3,(H,28,32). The molecule has 1 amide bonds. The van der Waals surface area contributed by atoms with E-state index < -0.39 is 12.3 Å². The lowest BCUT2D eigenvalue weighted by Crippen LogP contribution is -2.44. The summed E-state index contributed by atoms with van der Waals surface area (Å²) in [6.07, 6.45) is 4.81. The number of piperidine rings is 1. The van der Waals surface area contributed by atoms with Crippen molar-refractivity contribution in [2.24, 2.45) is 11.8 Å². The van der Waals surface area contributed by atoms with E-state index in [0.717, 1.165) is 55.9 Å². The van der Waals surface area contributed by atoms with Gasteiger partial charge in [-0.1, -0.05) is 37.2 Å². The Morgan fingerprint density at radius 1 is 1.17 bits per heavy atom. The molecule has 2 aliphatic rings. The second-order valence-electron chi connectivity index (χ2n) is 10.3. The van der Waals surface area contributed by atoms with Gasteiger partial charge in [0.05, 0.1) is 12.6 Å². The van der Waals surface area contributed by atoms with E-state index in [0.29, 0.717) is 25.0 Å². The molecule has 0 spiro atoms. The molecule has 9 nitrogen and oxygen atoms in total. The number of anilines is 1. The van der Waals surface area contributed by atoms with Crippen molar-refractivity contribution in [2.75, 3.05) is 24.6 Å². The van der Waals surface area contributed by atoms with E-state index >= 15 is 0 Å². The number of carbonyl (C=O) groups excluding carboxylic acids is 1. The van der Waals surface area contributed by atoms with Crippen LogP contribution in [0.5, 0.6) is 5.75 Å². The van der Waals surface area contributed by atoms with Crippen LogP contribution in [0.3, 0.4) is 0 Å². The van der Waals surface area contributed by atoms with E-state index in [1.807, 2.05) is 12.1 Å². The lowest BCUT2D eigenvalue weighted by atomic mass is 9.86. The zero-order valence-corrected chi connectivity index (χ0v) is 21.4. The number of hydrogen-bond donors (Lipinski definition) is 3. The highest BCUT2D eigenvalue weighted by molar-refractivity contribution is 5.80. The normalized spacial score (nSPS) is 19.9. The lowest BCUT2D eigenvalue weighted by molar-refractivity contribution is -0.130. The third kappa shape index (κ3) is 6.64. The van der Waals surface area contributed by atoms with Crippen molar-refractivity contribution >= 4 is 17.5 Å². The predicted molar refractivity (Wildman–Crippen MR) is 136 cm³/mol. The van der Waals surface area contributed by atoms with E-state index in [1.165, 1.54) is 5.57 Å². The van der Waals surface area contributed by atoms with E-state index in [1.54, 1.807) is 6.92 Å². The minimum absolute atomic E-state index is 0.127. The Kier molecular flexibility index (Phi) is 8.64. The molecule has 2 atom stereocenters. The summed E-state index contributed by atoms with van der Waals surface area (Å²) in [7, 11) is 0. The van der Waals surface area contributed by atoms with Crippen LogP contribution in [0.4, 0.5) is 6.01 Å². The summed E-state index contributed by atoms with van der Waals surface area (Å²) in [5, 5.41) is 25.1. The van der Waals surface area contributed by atoms with E-state index in [4.69, 9.17) is 9.26 Å². The van der Waals surface area contributed by atoms with Gasteiger partial charge in [-0.25, -0.2) is 0 Å². The number of aliphatic hydroxyl groups excluding tert-OH is 1. The van der Waals surface area contributed by atoms with Crippen LogP contribution in [0.15, 0.2) is 34.9 Å². The van der Waals surface area contributed by atoms with Gasteiger partial charge in [-0.05, 0) is 68.2 Å². The maximum atomic E-state index is 12.3. The Bertz CT molecular complexity index is 1030. The maximum Gasteiger partial charge on any atom is 0.324 e. The summed E-state index contributed by atoms with van der Waals surface area (Å²) in [6, 6.07) is 8.13. The van der Waals surface area contributed by atoms with Crippen LogP contribution in [0, 0.1) is 11.8 Å². The number of rotatable bonds is 9. The largest absolute Gasteiger partial charge is 0.493 e. The van der Waals surface area contributed by atoms with Crippen LogP contribution < -0.4 is 15.0 Å². The second-order valence-corrected chi connectivity index (χ2v) is 10.3. The molecule has 4 rings (SSSR count). The number of ether oxygens (including phenoxy) is 1. The fourth-order valence-electron chi connectivity index (χ4n) is 4.61. The number of amides is 1. The fourth-order valence-corrected chi connectivity index (χ4v) is 4.61. The van der Waals surface area contributed by atoms with Gasteiger partial charge in [0, 0.05) is 24.9 Å². The van der Waals surface area contributed by atoms with Gasteiger partial charge in [0.2, 0.25) is 5.91 Å². The molecule has 1 aromatic heterocycles. The first-order valence-corrected chi connectivity index (χ1v) is 13.0. The molecule has 1 aliphatic heterocycles. The smallest absolute Gasteiger partial charge is 0.324 e. The molecule has 0 saturated carbocycles. The minimum atomic E-state index is -1.55. The van der Waals surface area contributed by atoms with Crippen LogP contribution in [0.1, 0.15) is 70.2 Å². The number of allylic oxidation sites excluding steroid dienone is 2. The first-order valence-electron chi connectivity index (χ1n) is 13.0. The second kappa shape index (κ2) is 11.9. The maximum absolute atomic E-state index is 12.3. The molecule has 3 N–H and O–H groups in total. The summed E-state index contributed by atoms with van der Waals surface area (Å²) in [5.41, 5.74) is 2.38. The molecule has 1 saturated heterocycles. The van der Waals surface area contributed by atoms with E-state index in [9.17, 15) is 15.0 Å². The number of nitrogens with zero attached hydrogens (tertiary/aromatic N) is 3. The van der Waals surface area contributed by atoms with Gasteiger partial charge < -0.3 is 29.7 Å². The van der Waals surface area contributed by atoms with Gasteiger partial charge >= 0.3 is 6.01 Å². The predicted octanol–water partition coefficient (Wildman–Crippen LogP) is 3.49. The molecule has 0 bridgehead atoms. The van der Waals surface area contributed by atoms with E-state index in [-0.39, 0.29) is 17.7 Å². The fraction of sp³-hybridized carbons (Fsp3) is 0.593. The number of aromatic nitrogens is 2. The Hall–Kier alpha value is -2.91. The van der Waals surface area contributed by atoms with Gasteiger partial charge in [-0.15, -0.1) is 0 Å².